The second-order valence-electron chi connectivity index (χ2n) is 6.90. The quantitative estimate of drug-likeness (QED) is 0.855. The van der Waals surface area contributed by atoms with Crippen LogP contribution in [-0.2, 0) is 9.59 Å². The van der Waals surface area contributed by atoms with Crippen molar-refractivity contribution >= 4 is 11.9 Å². The van der Waals surface area contributed by atoms with Crippen molar-refractivity contribution in [2.75, 3.05) is 6.54 Å². The minimum absolute atomic E-state index is 0.0506. The van der Waals surface area contributed by atoms with Gasteiger partial charge in [0.1, 0.15) is 6.04 Å². The Morgan fingerprint density at radius 3 is 2.42 bits per heavy atom. The Kier molecular flexibility index (Phi) is 4.16. The van der Waals surface area contributed by atoms with Gasteiger partial charge in [-0.25, -0.2) is 4.79 Å². The minimum atomic E-state index is -0.851. The van der Waals surface area contributed by atoms with Gasteiger partial charge in [-0.1, -0.05) is 13.8 Å². The van der Waals surface area contributed by atoms with E-state index in [1.54, 1.807) is 4.90 Å². The summed E-state index contributed by atoms with van der Waals surface area (Å²) in [6, 6.07) is -0.576. The number of rotatable bonds is 3. The number of carboxylic acid groups (broad SMARTS) is 1. The van der Waals surface area contributed by atoms with Gasteiger partial charge in [0.2, 0.25) is 5.91 Å². The Morgan fingerprint density at radius 1 is 1.21 bits per heavy atom. The molecule has 1 saturated heterocycles. The molecule has 0 spiro atoms. The van der Waals surface area contributed by atoms with Crippen LogP contribution in [-0.4, -0.2) is 34.5 Å². The van der Waals surface area contributed by atoms with Crippen molar-refractivity contribution in [1.82, 2.24) is 4.90 Å². The summed E-state index contributed by atoms with van der Waals surface area (Å²) in [5, 5.41) is 9.11. The first-order chi connectivity index (χ1) is 8.89. The fraction of sp³-hybridized carbons (Fsp3) is 0.867. The van der Waals surface area contributed by atoms with Gasteiger partial charge in [-0.3, -0.25) is 4.79 Å². The van der Waals surface area contributed by atoms with Gasteiger partial charge in [-0.15, -0.1) is 0 Å². The lowest BCUT2D eigenvalue weighted by molar-refractivity contribution is -0.148. The number of carbonyl (C=O) groups excluding carboxylic acids is 1. The maximum atomic E-state index is 12.3. The average Bonchev–Trinajstić information content (AvgIpc) is 2.81. The molecule has 0 aromatic rings. The number of carboxylic acids is 1. The fourth-order valence-electron chi connectivity index (χ4n) is 3.35. The molecule has 19 heavy (non-hydrogen) atoms. The van der Waals surface area contributed by atoms with Crippen LogP contribution in [0.15, 0.2) is 0 Å². The van der Waals surface area contributed by atoms with Crippen LogP contribution in [0.5, 0.6) is 0 Å². The zero-order valence-electron chi connectivity index (χ0n) is 12.0. The maximum Gasteiger partial charge on any atom is 0.326 e. The van der Waals surface area contributed by atoms with Crippen molar-refractivity contribution in [3.05, 3.63) is 0 Å². The molecule has 2 aliphatic rings. The molecule has 1 aliphatic heterocycles. The Balaban J connectivity index is 1.86. The van der Waals surface area contributed by atoms with E-state index in [0.29, 0.717) is 30.7 Å². The van der Waals surface area contributed by atoms with E-state index in [-0.39, 0.29) is 5.91 Å². The van der Waals surface area contributed by atoms with Crippen molar-refractivity contribution in [1.29, 1.82) is 0 Å². The van der Waals surface area contributed by atoms with Gasteiger partial charge in [0, 0.05) is 13.0 Å². The van der Waals surface area contributed by atoms with E-state index >= 15 is 0 Å². The summed E-state index contributed by atoms with van der Waals surface area (Å²) in [5.41, 5.74) is 0.413. The highest BCUT2D eigenvalue weighted by atomic mass is 16.4. The molecule has 1 atom stereocenters. The molecule has 4 heteroatoms. The second kappa shape index (κ2) is 5.51. The van der Waals surface area contributed by atoms with Crippen LogP contribution in [0.1, 0.15) is 58.8 Å². The molecule has 0 aromatic carbocycles. The molecule has 1 saturated carbocycles. The monoisotopic (exact) mass is 267 g/mol. The van der Waals surface area contributed by atoms with Gasteiger partial charge in [0.15, 0.2) is 0 Å². The average molecular weight is 267 g/mol. The van der Waals surface area contributed by atoms with Crippen LogP contribution in [0.25, 0.3) is 0 Å². The molecule has 1 N–H and O–H groups in total. The molecule has 2 rings (SSSR count). The highest BCUT2D eigenvalue weighted by Crippen LogP contribution is 2.39. The third-order valence-corrected chi connectivity index (χ3v) is 4.78. The van der Waals surface area contributed by atoms with E-state index in [9.17, 15) is 9.59 Å². The second-order valence-corrected chi connectivity index (χ2v) is 6.90. The Hall–Kier alpha value is -1.06. The van der Waals surface area contributed by atoms with Crippen LogP contribution < -0.4 is 0 Å². The Morgan fingerprint density at radius 2 is 1.84 bits per heavy atom. The van der Waals surface area contributed by atoms with Gasteiger partial charge in [0.05, 0.1) is 0 Å². The number of likely N-dealkylation sites (tertiary alicyclic amines) is 1. The van der Waals surface area contributed by atoms with Gasteiger partial charge >= 0.3 is 5.97 Å². The maximum absolute atomic E-state index is 12.3. The largest absolute Gasteiger partial charge is 0.480 e. The highest BCUT2D eigenvalue weighted by molar-refractivity contribution is 5.84. The summed E-state index contributed by atoms with van der Waals surface area (Å²) < 4.78 is 0. The standard InChI is InChI=1S/C15H25NO3/c1-15(2)7-5-11(6-8-15)10-13(17)16-9-3-4-12(16)14(18)19/h11-12H,3-10H2,1-2H3,(H,18,19). The van der Waals surface area contributed by atoms with Gasteiger partial charge in [-0.05, 0) is 49.9 Å². The van der Waals surface area contributed by atoms with Gasteiger partial charge in [0.25, 0.3) is 0 Å². The zero-order chi connectivity index (χ0) is 14.0. The Labute approximate surface area is 115 Å². The molecular formula is C15H25NO3. The van der Waals surface area contributed by atoms with E-state index in [0.717, 1.165) is 19.3 Å². The first kappa shape index (κ1) is 14.4. The van der Waals surface area contributed by atoms with Crippen LogP contribution >= 0.6 is 0 Å². The predicted molar refractivity (Wildman–Crippen MR) is 72.7 cm³/mol. The van der Waals surface area contributed by atoms with E-state index < -0.39 is 12.0 Å². The molecular weight excluding hydrogens is 242 g/mol. The molecule has 0 radical (unpaired) electrons. The number of amides is 1. The normalized spacial score (nSPS) is 27.5. The van der Waals surface area contributed by atoms with Crippen LogP contribution in [0.4, 0.5) is 0 Å². The molecule has 0 aromatic heterocycles. The molecule has 2 fully saturated rings. The molecule has 1 unspecified atom stereocenters. The van der Waals surface area contributed by atoms with E-state index in [2.05, 4.69) is 13.8 Å². The van der Waals surface area contributed by atoms with Gasteiger partial charge < -0.3 is 10.0 Å². The number of carbonyl (C=O) groups is 2. The lowest BCUT2D eigenvalue weighted by Gasteiger charge is -2.34. The first-order valence-electron chi connectivity index (χ1n) is 7.41. The fourth-order valence-corrected chi connectivity index (χ4v) is 3.35. The van der Waals surface area contributed by atoms with Crippen LogP contribution in [0.3, 0.4) is 0 Å². The first-order valence-corrected chi connectivity index (χ1v) is 7.41. The van der Waals surface area contributed by atoms with E-state index in [1.165, 1.54) is 12.8 Å². The smallest absolute Gasteiger partial charge is 0.326 e. The molecule has 0 bridgehead atoms. The van der Waals surface area contributed by atoms with Crippen LogP contribution in [0, 0.1) is 11.3 Å². The third kappa shape index (κ3) is 3.48. The van der Waals surface area contributed by atoms with E-state index in [1.807, 2.05) is 0 Å². The number of hydrogen-bond acceptors (Lipinski definition) is 2. The summed E-state index contributed by atoms with van der Waals surface area (Å²) in [6.45, 7) is 5.19. The summed E-state index contributed by atoms with van der Waals surface area (Å²) in [6.07, 6.45) is 6.52. The molecule has 108 valence electrons. The number of nitrogens with zero attached hydrogens (tertiary/aromatic N) is 1. The molecule has 1 heterocycles. The summed E-state index contributed by atoms with van der Waals surface area (Å²) in [4.78, 5) is 24.9. The topological polar surface area (TPSA) is 57.6 Å². The minimum Gasteiger partial charge on any atom is -0.480 e. The lowest BCUT2D eigenvalue weighted by atomic mass is 9.72. The molecule has 1 amide bonds. The summed E-state index contributed by atoms with van der Waals surface area (Å²) >= 11 is 0. The van der Waals surface area contributed by atoms with Gasteiger partial charge in [-0.2, -0.15) is 0 Å². The number of aliphatic carboxylic acids is 1. The van der Waals surface area contributed by atoms with Crippen molar-refractivity contribution in [3.8, 4) is 0 Å². The number of hydrogen-bond donors (Lipinski definition) is 1. The highest BCUT2D eigenvalue weighted by Gasteiger charge is 2.35. The summed E-state index contributed by atoms with van der Waals surface area (Å²) in [5.74, 6) is -0.346. The SMILES string of the molecule is CC1(C)CCC(CC(=O)N2CCCC2C(=O)O)CC1. The third-order valence-electron chi connectivity index (χ3n) is 4.78. The van der Waals surface area contributed by atoms with Crippen molar-refractivity contribution in [3.63, 3.8) is 0 Å². The van der Waals surface area contributed by atoms with Crippen LogP contribution in [0.2, 0.25) is 0 Å². The predicted octanol–water partition coefficient (Wildman–Crippen LogP) is 2.67. The van der Waals surface area contributed by atoms with Crippen molar-refractivity contribution in [2.24, 2.45) is 11.3 Å². The van der Waals surface area contributed by atoms with Crippen molar-refractivity contribution in [2.45, 2.75) is 64.8 Å². The Bertz CT molecular complexity index is 354. The van der Waals surface area contributed by atoms with Crippen molar-refractivity contribution < 1.29 is 14.7 Å². The lowest BCUT2D eigenvalue weighted by Crippen LogP contribution is -2.41. The molecule has 4 nitrogen and oxygen atoms in total. The van der Waals surface area contributed by atoms with E-state index in [4.69, 9.17) is 5.11 Å². The summed E-state index contributed by atoms with van der Waals surface area (Å²) in [7, 11) is 0. The zero-order valence-corrected chi connectivity index (χ0v) is 12.0. The molecule has 1 aliphatic carbocycles.